The lowest BCUT2D eigenvalue weighted by molar-refractivity contribution is -0.0596. The fraction of sp³-hybridized carbons (Fsp3) is 1.00. The molecule has 0 aliphatic heterocycles. The van der Waals surface area contributed by atoms with Crippen molar-refractivity contribution in [3.8, 4) is 0 Å². The van der Waals surface area contributed by atoms with Crippen LogP contribution in [0.25, 0.3) is 0 Å². The molecule has 0 saturated carbocycles. The van der Waals surface area contributed by atoms with Gasteiger partial charge in [-0.2, -0.15) is 0 Å². The molecule has 0 atom stereocenters. The van der Waals surface area contributed by atoms with Crippen molar-refractivity contribution in [2.24, 2.45) is 5.41 Å². The summed E-state index contributed by atoms with van der Waals surface area (Å²) in [6.07, 6.45) is 3.17. The van der Waals surface area contributed by atoms with E-state index in [-0.39, 0.29) is 5.41 Å². The molecule has 104 valence electrons. The summed E-state index contributed by atoms with van der Waals surface area (Å²) in [7, 11) is 0. The highest BCUT2D eigenvalue weighted by molar-refractivity contribution is 4.73. The highest BCUT2D eigenvalue weighted by Crippen LogP contribution is 2.18. The summed E-state index contributed by atoms with van der Waals surface area (Å²) < 4.78 is 16.9. The highest BCUT2D eigenvalue weighted by atomic mass is 16.5. The van der Waals surface area contributed by atoms with Crippen molar-refractivity contribution in [2.45, 2.75) is 47.0 Å². The molecule has 0 aromatic rings. The summed E-state index contributed by atoms with van der Waals surface area (Å²) in [4.78, 5) is 0. The molecule has 0 saturated heterocycles. The fourth-order valence-corrected chi connectivity index (χ4v) is 1.51. The van der Waals surface area contributed by atoms with E-state index in [9.17, 15) is 0 Å². The van der Waals surface area contributed by atoms with Crippen LogP contribution in [0.2, 0.25) is 0 Å². The largest absolute Gasteiger partial charge is 0.381 e. The van der Waals surface area contributed by atoms with E-state index in [1.54, 1.807) is 0 Å². The van der Waals surface area contributed by atoms with Crippen molar-refractivity contribution < 1.29 is 14.2 Å². The van der Waals surface area contributed by atoms with Gasteiger partial charge in [0.25, 0.3) is 0 Å². The molecule has 17 heavy (non-hydrogen) atoms. The molecule has 0 bridgehead atoms. The van der Waals surface area contributed by atoms with Crippen molar-refractivity contribution in [3.63, 3.8) is 0 Å². The van der Waals surface area contributed by atoms with Crippen molar-refractivity contribution in [1.82, 2.24) is 0 Å². The Labute approximate surface area is 107 Å². The van der Waals surface area contributed by atoms with Gasteiger partial charge in [0, 0.05) is 25.2 Å². The van der Waals surface area contributed by atoms with Gasteiger partial charge in [-0.15, -0.1) is 0 Å². The van der Waals surface area contributed by atoms with Gasteiger partial charge in [0.15, 0.2) is 0 Å². The average molecular weight is 246 g/mol. The SMILES string of the molecule is CCCOCC(C)(COCCC)COCCC. The number of hydrogen-bond donors (Lipinski definition) is 0. The van der Waals surface area contributed by atoms with Crippen LogP contribution in [0.15, 0.2) is 0 Å². The molecule has 0 rings (SSSR count). The zero-order chi connectivity index (χ0) is 13.0. The first-order valence-corrected chi connectivity index (χ1v) is 6.91. The Morgan fingerprint density at radius 3 is 1.18 bits per heavy atom. The molecule has 0 fully saturated rings. The monoisotopic (exact) mass is 246 g/mol. The summed E-state index contributed by atoms with van der Waals surface area (Å²) in [5.41, 5.74) is -0.0144. The fourth-order valence-electron chi connectivity index (χ4n) is 1.51. The van der Waals surface area contributed by atoms with Crippen LogP contribution in [0.5, 0.6) is 0 Å². The zero-order valence-corrected chi connectivity index (χ0v) is 12.1. The summed E-state index contributed by atoms with van der Waals surface area (Å²) in [5, 5.41) is 0. The minimum absolute atomic E-state index is 0.0144. The molecule has 0 aliphatic rings. The van der Waals surface area contributed by atoms with Crippen molar-refractivity contribution in [3.05, 3.63) is 0 Å². The normalized spacial score (nSPS) is 12.0. The Bertz CT molecular complexity index is 133. The van der Waals surface area contributed by atoms with Crippen LogP contribution < -0.4 is 0 Å². The van der Waals surface area contributed by atoms with E-state index in [0.717, 1.165) is 39.1 Å². The molecular weight excluding hydrogens is 216 g/mol. The lowest BCUT2D eigenvalue weighted by Crippen LogP contribution is -2.34. The number of hydrogen-bond acceptors (Lipinski definition) is 3. The summed E-state index contributed by atoms with van der Waals surface area (Å²) in [6.45, 7) is 13.1. The van der Waals surface area contributed by atoms with E-state index in [4.69, 9.17) is 14.2 Å². The maximum atomic E-state index is 5.65. The molecular formula is C14H30O3. The van der Waals surface area contributed by atoms with Gasteiger partial charge in [-0.3, -0.25) is 0 Å². The van der Waals surface area contributed by atoms with Crippen LogP contribution in [0.3, 0.4) is 0 Å². The standard InChI is InChI=1S/C14H30O3/c1-5-8-15-11-14(4,12-16-9-6-2)13-17-10-7-3/h5-13H2,1-4H3. The minimum atomic E-state index is -0.0144. The van der Waals surface area contributed by atoms with Crippen LogP contribution in [-0.4, -0.2) is 39.6 Å². The highest BCUT2D eigenvalue weighted by Gasteiger charge is 2.25. The predicted octanol–water partition coefficient (Wildman–Crippen LogP) is 3.27. The van der Waals surface area contributed by atoms with Gasteiger partial charge in [-0.1, -0.05) is 27.7 Å². The molecule has 0 amide bonds. The smallest absolute Gasteiger partial charge is 0.0564 e. The summed E-state index contributed by atoms with van der Waals surface area (Å²) >= 11 is 0. The second kappa shape index (κ2) is 11.0. The second-order valence-corrected chi connectivity index (χ2v) is 4.97. The molecule has 0 aliphatic carbocycles. The Balaban J connectivity index is 3.95. The first-order valence-electron chi connectivity index (χ1n) is 6.91. The molecule has 0 N–H and O–H groups in total. The molecule has 0 heterocycles. The first-order chi connectivity index (χ1) is 8.18. The van der Waals surface area contributed by atoms with Gasteiger partial charge >= 0.3 is 0 Å². The van der Waals surface area contributed by atoms with Crippen molar-refractivity contribution >= 4 is 0 Å². The zero-order valence-electron chi connectivity index (χ0n) is 12.1. The predicted molar refractivity (Wildman–Crippen MR) is 71.4 cm³/mol. The van der Waals surface area contributed by atoms with Gasteiger partial charge < -0.3 is 14.2 Å². The van der Waals surface area contributed by atoms with E-state index in [2.05, 4.69) is 27.7 Å². The van der Waals surface area contributed by atoms with E-state index < -0.39 is 0 Å². The third-order valence-electron chi connectivity index (χ3n) is 2.40. The van der Waals surface area contributed by atoms with Gasteiger partial charge in [0.1, 0.15) is 0 Å². The molecule has 0 aromatic carbocycles. The van der Waals surface area contributed by atoms with E-state index >= 15 is 0 Å². The Kier molecular flexibility index (Phi) is 10.9. The Hall–Kier alpha value is -0.120. The van der Waals surface area contributed by atoms with Gasteiger partial charge in [-0.25, -0.2) is 0 Å². The van der Waals surface area contributed by atoms with Crippen LogP contribution in [0, 0.1) is 5.41 Å². The third-order valence-corrected chi connectivity index (χ3v) is 2.40. The second-order valence-electron chi connectivity index (χ2n) is 4.97. The van der Waals surface area contributed by atoms with Crippen LogP contribution in [0.1, 0.15) is 47.0 Å². The summed E-state index contributed by atoms with van der Waals surface area (Å²) in [6, 6.07) is 0. The third kappa shape index (κ3) is 9.57. The molecule has 0 unspecified atom stereocenters. The van der Waals surface area contributed by atoms with E-state index in [1.165, 1.54) is 0 Å². The van der Waals surface area contributed by atoms with Gasteiger partial charge in [0.2, 0.25) is 0 Å². The van der Waals surface area contributed by atoms with Crippen LogP contribution in [0.4, 0.5) is 0 Å². The molecule has 3 nitrogen and oxygen atoms in total. The van der Waals surface area contributed by atoms with E-state index in [1.807, 2.05) is 0 Å². The van der Waals surface area contributed by atoms with Gasteiger partial charge in [0.05, 0.1) is 19.8 Å². The van der Waals surface area contributed by atoms with Crippen LogP contribution >= 0.6 is 0 Å². The van der Waals surface area contributed by atoms with E-state index in [0.29, 0.717) is 19.8 Å². The Morgan fingerprint density at radius 2 is 0.941 bits per heavy atom. The lowest BCUT2D eigenvalue weighted by atomic mass is 9.94. The van der Waals surface area contributed by atoms with Crippen molar-refractivity contribution in [2.75, 3.05) is 39.6 Å². The van der Waals surface area contributed by atoms with Crippen LogP contribution in [-0.2, 0) is 14.2 Å². The quantitative estimate of drug-likeness (QED) is 0.495. The molecule has 0 aromatic heterocycles. The van der Waals surface area contributed by atoms with Crippen molar-refractivity contribution in [1.29, 1.82) is 0 Å². The lowest BCUT2D eigenvalue weighted by Gasteiger charge is -2.29. The maximum Gasteiger partial charge on any atom is 0.0564 e. The first kappa shape index (κ1) is 16.9. The molecule has 0 radical (unpaired) electrons. The molecule has 0 spiro atoms. The maximum absolute atomic E-state index is 5.65. The number of rotatable bonds is 12. The summed E-state index contributed by atoms with van der Waals surface area (Å²) in [5.74, 6) is 0. The topological polar surface area (TPSA) is 27.7 Å². The molecule has 3 heteroatoms. The number of ether oxygens (including phenoxy) is 3. The van der Waals surface area contributed by atoms with Gasteiger partial charge in [-0.05, 0) is 19.3 Å². The Morgan fingerprint density at radius 1 is 0.647 bits per heavy atom. The average Bonchev–Trinajstić information content (AvgIpc) is 2.30. The minimum Gasteiger partial charge on any atom is -0.381 e.